The Hall–Kier alpha value is -6.22. The van der Waals surface area contributed by atoms with Gasteiger partial charge in [0, 0.05) is 40.8 Å². The summed E-state index contributed by atoms with van der Waals surface area (Å²) in [5, 5.41) is 8.43. The molecule has 8 nitrogen and oxygen atoms in total. The van der Waals surface area contributed by atoms with Gasteiger partial charge in [0.05, 0.1) is 62.2 Å². The van der Waals surface area contributed by atoms with Crippen molar-refractivity contribution in [1.29, 1.82) is 0 Å². The van der Waals surface area contributed by atoms with Gasteiger partial charge < -0.3 is 37.9 Å². The topological polar surface area (TPSA) is 73.8 Å². The van der Waals surface area contributed by atoms with Crippen LogP contribution < -0.4 is 37.9 Å². The molecule has 8 aromatic rings. The largest absolute Gasteiger partial charge is 0.497 e. The van der Waals surface area contributed by atoms with E-state index < -0.39 is 0 Å². The zero-order valence-electron chi connectivity index (χ0n) is 36.8. The molecule has 0 amide bonds. The summed E-state index contributed by atoms with van der Waals surface area (Å²) in [5.41, 5.74) is 8.73. The highest BCUT2D eigenvalue weighted by Crippen LogP contribution is 2.45. The van der Waals surface area contributed by atoms with E-state index in [9.17, 15) is 0 Å². The summed E-state index contributed by atoms with van der Waals surface area (Å²) in [4.78, 5) is 0. The number of hydrogen-bond acceptors (Lipinski definition) is 8. The zero-order chi connectivity index (χ0) is 44.4. The van der Waals surface area contributed by atoms with Crippen molar-refractivity contribution in [3.05, 3.63) is 142 Å². The lowest BCUT2D eigenvalue weighted by Gasteiger charge is -2.23. The van der Waals surface area contributed by atoms with Crippen molar-refractivity contribution in [2.45, 2.75) is 25.7 Å². The maximum Gasteiger partial charge on any atom is 0.130 e. The van der Waals surface area contributed by atoms with Gasteiger partial charge in [-0.25, -0.2) is 0 Å². The number of ether oxygens (including phenoxy) is 8. The first-order valence-electron chi connectivity index (χ1n) is 20.5. The highest BCUT2D eigenvalue weighted by atomic mass is 35.5. The molecule has 0 atom stereocenters. The maximum absolute atomic E-state index is 6.34. The Bertz CT molecular complexity index is 3010. The van der Waals surface area contributed by atoms with E-state index >= 15 is 0 Å². The van der Waals surface area contributed by atoms with E-state index in [-0.39, 0.29) is 5.34 Å². The molecule has 10 heteroatoms. The Kier molecular flexibility index (Phi) is 12.8. The molecule has 0 spiro atoms. The molecule has 0 N–H and O–H groups in total. The van der Waals surface area contributed by atoms with Crippen LogP contribution in [0.15, 0.2) is 97.1 Å². The zero-order valence-corrected chi connectivity index (χ0v) is 38.3. The molecular formula is C53H50Cl2O8. The van der Waals surface area contributed by atoms with Crippen LogP contribution in [0, 0.1) is 0 Å². The van der Waals surface area contributed by atoms with Crippen LogP contribution in [-0.2, 0) is 25.7 Å². The van der Waals surface area contributed by atoms with Crippen molar-refractivity contribution in [1.82, 2.24) is 0 Å². The summed E-state index contributed by atoms with van der Waals surface area (Å²) in [6.07, 6.45) is 2.34. The molecule has 8 aromatic carbocycles. The second kappa shape index (κ2) is 18.6. The number of methoxy groups -OCH3 is 8. The van der Waals surface area contributed by atoms with Gasteiger partial charge in [0.2, 0.25) is 0 Å². The van der Waals surface area contributed by atoms with Crippen molar-refractivity contribution in [3.8, 4) is 46.0 Å². The van der Waals surface area contributed by atoms with Crippen molar-refractivity contribution < 1.29 is 37.9 Å². The van der Waals surface area contributed by atoms with Crippen molar-refractivity contribution in [3.63, 3.8) is 0 Å². The summed E-state index contributed by atoms with van der Waals surface area (Å²) >= 11 is 9.53. The fourth-order valence-corrected chi connectivity index (χ4v) is 9.46. The van der Waals surface area contributed by atoms with Crippen LogP contribution in [0.4, 0.5) is 0 Å². The van der Waals surface area contributed by atoms with Crippen LogP contribution >= 0.6 is 23.2 Å². The van der Waals surface area contributed by atoms with Crippen LogP contribution in [0.5, 0.6) is 46.0 Å². The Morgan fingerprint density at radius 2 is 0.492 bits per heavy atom. The SMILES string of the molecule is COc1ccc2c(OC)c3cc(c2c1)Cc1cc(c2cc(OC)ccc2c1OC)Cc1cc(c2cc(OC)ccc2c1OC)Cc1cc(c(OC)c2ccc(OC)cc12)C3.ClCCl. The third-order valence-electron chi connectivity index (χ3n) is 12.2. The maximum atomic E-state index is 6.34. The number of benzene rings is 8. The predicted molar refractivity (Wildman–Crippen MR) is 256 cm³/mol. The van der Waals surface area contributed by atoms with Crippen LogP contribution in [0.1, 0.15) is 44.5 Å². The van der Waals surface area contributed by atoms with Crippen LogP contribution in [-0.4, -0.2) is 62.2 Å². The molecule has 1 aliphatic carbocycles. The Morgan fingerprint density at radius 1 is 0.286 bits per heavy atom. The second-order valence-corrected chi connectivity index (χ2v) is 16.2. The summed E-state index contributed by atoms with van der Waals surface area (Å²) < 4.78 is 48.5. The van der Waals surface area contributed by atoms with Gasteiger partial charge in [-0.05, 0) is 145 Å². The number of rotatable bonds is 8. The minimum absolute atomic E-state index is 0.194. The second-order valence-electron chi connectivity index (χ2n) is 15.4. The van der Waals surface area contributed by atoms with Gasteiger partial charge in [-0.15, -0.1) is 23.2 Å². The van der Waals surface area contributed by atoms with Gasteiger partial charge in [-0.1, -0.05) is 24.3 Å². The van der Waals surface area contributed by atoms with Crippen LogP contribution in [0.25, 0.3) is 43.1 Å². The Morgan fingerprint density at radius 3 is 0.698 bits per heavy atom. The molecule has 9 rings (SSSR count). The van der Waals surface area contributed by atoms with Gasteiger partial charge in [0.25, 0.3) is 0 Å². The monoisotopic (exact) mass is 884 g/mol. The van der Waals surface area contributed by atoms with E-state index in [2.05, 4.69) is 72.8 Å². The molecule has 0 heterocycles. The molecule has 0 aromatic heterocycles. The quantitative estimate of drug-likeness (QED) is 0.140. The molecule has 8 bridgehead atoms. The fraction of sp³-hybridized carbons (Fsp3) is 0.245. The van der Waals surface area contributed by atoms with E-state index in [4.69, 9.17) is 61.1 Å². The average Bonchev–Trinajstić information content (AvgIpc) is 3.31. The molecule has 1 aliphatic rings. The number of alkyl halides is 2. The lowest BCUT2D eigenvalue weighted by atomic mass is 9.86. The molecule has 0 aliphatic heterocycles. The Labute approximate surface area is 378 Å². The number of hydrogen-bond donors (Lipinski definition) is 0. The van der Waals surface area contributed by atoms with Gasteiger partial charge in [-0.3, -0.25) is 0 Å². The lowest BCUT2D eigenvalue weighted by Crippen LogP contribution is -2.06. The van der Waals surface area contributed by atoms with Crippen LogP contribution in [0.3, 0.4) is 0 Å². The number of halogens is 2. The van der Waals surface area contributed by atoms with E-state index in [0.717, 1.165) is 134 Å². The van der Waals surface area contributed by atoms with Crippen molar-refractivity contribution in [2.24, 2.45) is 0 Å². The smallest absolute Gasteiger partial charge is 0.130 e. The first-order chi connectivity index (χ1) is 30.7. The summed E-state index contributed by atoms with van der Waals surface area (Å²) in [6.45, 7) is 0. The normalized spacial score (nSPS) is 12.1. The third-order valence-corrected chi connectivity index (χ3v) is 12.2. The summed E-state index contributed by atoms with van der Waals surface area (Å²) in [6, 6.07) is 34.0. The molecule has 0 radical (unpaired) electrons. The van der Waals surface area contributed by atoms with Gasteiger partial charge in [-0.2, -0.15) is 0 Å². The standard InChI is InChI=1S/C52H48O8.CH2Cl2/c1-53-37-9-13-41-45(25-37)29-17-30-19-35(51(59-7)42-14-10-38(54-2)26-46(30)42)24-36-23-32(48-28-40(56-4)12-16-44(48)52(36)60-8)22-34-21-31(20-33(18-29)49(41)57-5)47-27-39(55-3)11-15-43(47)50(34)58-6;2-1-3/h9-16,18-19,21,23,25-28H,17,20,22,24H2,1-8H3;1H2. The highest BCUT2D eigenvalue weighted by molar-refractivity contribution is 6.40. The lowest BCUT2D eigenvalue weighted by molar-refractivity contribution is 0.409. The minimum atomic E-state index is 0.194. The molecule has 324 valence electrons. The van der Waals surface area contributed by atoms with Gasteiger partial charge in [0.1, 0.15) is 46.0 Å². The van der Waals surface area contributed by atoms with Crippen LogP contribution in [0.2, 0.25) is 0 Å². The van der Waals surface area contributed by atoms with E-state index in [1.807, 2.05) is 24.3 Å². The summed E-state index contributed by atoms with van der Waals surface area (Å²) in [7, 11) is 13.8. The molecular weight excluding hydrogens is 835 g/mol. The van der Waals surface area contributed by atoms with Gasteiger partial charge in [0.15, 0.2) is 0 Å². The van der Waals surface area contributed by atoms with Gasteiger partial charge >= 0.3 is 0 Å². The highest BCUT2D eigenvalue weighted by Gasteiger charge is 2.24. The predicted octanol–water partition coefficient (Wildman–Crippen LogP) is 12.5. The first kappa shape index (κ1) is 43.4. The molecule has 0 saturated heterocycles. The van der Waals surface area contributed by atoms with Crippen molar-refractivity contribution in [2.75, 3.05) is 62.2 Å². The molecule has 0 unspecified atom stereocenters. The number of fused-ring (bicyclic) bond motifs is 16. The van der Waals surface area contributed by atoms with E-state index in [0.29, 0.717) is 25.7 Å². The molecule has 0 fully saturated rings. The van der Waals surface area contributed by atoms with E-state index in [1.165, 1.54) is 0 Å². The average molecular weight is 886 g/mol. The third kappa shape index (κ3) is 8.03. The molecule has 63 heavy (non-hydrogen) atoms. The molecule has 0 saturated carbocycles. The minimum Gasteiger partial charge on any atom is -0.497 e. The fourth-order valence-electron chi connectivity index (χ4n) is 9.46. The van der Waals surface area contributed by atoms with E-state index in [1.54, 1.807) is 56.9 Å². The first-order valence-corrected chi connectivity index (χ1v) is 21.6. The van der Waals surface area contributed by atoms with Crippen molar-refractivity contribution >= 4 is 66.3 Å². The Balaban J connectivity index is 0.00000177. The summed E-state index contributed by atoms with van der Waals surface area (Å²) in [5.74, 6) is 6.36.